The zero-order valence-electron chi connectivity index (χ0n) is 59.3. The molecule has 3 aromatic carbocycles. The van der Waals surface area contributed by atoms with E-state index in [1.54, 1.807) is 123 Å². The van der Waals surface area contributed by atoms with E-state index in [0.717, 1.165) is 33.9 Å². The van der Waals surface area contributed by atoms with Gasteiger partial charge in [0.1, 0.15) is 33.2 Å². The number of hydrogen-bond acceptors (Lipinski definition) is 25. The predicted octanol–water partition coefficient (Wildman–Crippen LogP) is 7.50. The number of aromatic amines is 2. The van der Waals surface area contributed by atoms with E-state index < -0.39 is 31.0 Å². The summed E-state index contributed by atoms with van der Waals surface area (Å²) in [4.78, 5) is 126. The molecule has 10 aromatic heterocycles. The predicted molar refractivity (Wildman–Crippen MR) is 399 cm³/mol. The lowest BCUT2D eigenvalue weighted by atomic mass is 9.80. The number of hydrogen-bond donors (Lipinski definition) is 5. The van der Waals surface area contributed by atoms with E-state index in [2.05, 4.69) is 55.3 Å². The molecule has 0 radical (unpaired) electrons. The third kappa shape index (κ3) is 19.6. The lowest BCUT2D eigenvalue weighted by molar-refractivity contribution is -0.117. The van der Waals surface area contributed by atoms with Crippen molar-refractivity contribution in [1.82, 2.24) is 68.6 Å². The summed E-state index contributed by atoms with van der Waals surface area (Å²) in [5.74, 6) is -1.88. The van der Waals surface area contributed by atoms with Crippen molar-refractivity contribution in [2.45, 2.75) is 48.5 Å². The molecule has 3 amide bonds. The molecule has 0 aliphatic carbocycles. The molecule has 0 unspecified atom stereocenters. The van der Waals surface area contributed by atoms with Crippen LogP contribution in [0.3, 0.4) is 0 Å². The number of anilines is 4. The number of amides is 3. The number of fused-ring (bicyclic) bond motifs is 4. The van der Waals surface area contributed by atoms with Crippen LogP contribution in [0.25, 0.3) is 45.1 Å². The van der Waals surface area contributed by atoms with Crippen LogP contribution in [0.5, 0.6) is 0 Å². The van der Waals surface area contributed by atoms with E-state index in [0.29, 0.717) is 68.0 Å². The molecule has 107 heavy (non-hydrogen) atoms. The third-order valence-corrected chi connectivity index (χ3v) is 16.4. The highest BCUT2D eigenvalue weighted by Crippen LogP contribution is 2.29. The Hall–Kier alpha value is -13.1. The number of nitrogens with one attached hydrogen (secondary N) is 2. The van der Waals surface area contributed by atoms with Crippen LogP contribution in [0.4, 0.5) is 22.9 Å². The average Bonchev–Trinajstić information content (AvgIpc) is 1.66. The van der Waals surface area contributed by atoms with Gasteiger partial charge in [0.2, 0.25) is 23.5 Å². The SMILES string of the molecule is CC(=O)N(C)c1cccc(-c2ccnc3c(C(=O)c4cccs4)cnn23)c1.CC(=O)N(C)c1cccc(B(O)O)c1.CCOC(=O)c1c[nH]n2c(=O)ccnc12.CCOC(=O)c1cn[nH]c1N.CCOC(=O)c1cnn2c(-c3cccc(N(C)C(C)=O)c3)ccnc12.CCOC(=O)c1cnn2c(Cl)ccnc12. The van der Waals surface area contributed by atoms with Crippen LogP contribution in [-0.2, 0) is 33.3 Å². The van der Waals surface area contributed by atoms with Crippen LogP contribution in [-0.4, -0.2) is 181 Å². The summed E-state index contributed by atoms with van der Waals surface area (Å²) in [5, 5.41) is 41.4. The number of rotatable bonds is 16. The summed E-state index contributed by atoms with van der Waals surface area (Å²) in [6.07, 6.45) is 13.3. The molecule has 13 aromatic rings. The zero-order chi connectivity index (χ0) is 77.6. The van der Waals surface area contributed by atoms with Crippen molar-refractivity contribution in [2.24, 2.45) is 0 Å². The maximum atomic E-state index is 12.7. The van der Waals surface area contributed by atoms with Crippen molar-refractivity contribution in [3.8, 4) is 22.5 Å². The highest BCUT2D eigenvalue weighted by molar-refractivity contribution is 7.12. The second kappa shape index (κ2) is 37.4. The Balaban J connectivity index is 0.000000167. The molecule has 552 valence electrons. The Morgan fingerprint density at radius 1 is 0.523 bits per heavy atom. The van der Waals surface area contributed by atoms with E-state index in [9.17, 15) is 43.2 Å². The van der Waals surface area contributed by atoms with Gasteiger partial charge in [-0.2, -0.15) is 20.4 Å². The largest absolute Gasteiger partial charge is 0.488 e. The molecule has 0 atom stereocenters. The highest BCUT2D eigenvalue weighted by Gasteiger charge is 2.23. The molecule has 0 saturated carbocycles. The lowest BCUT2D eigenvalue weighted by Crippen LogP contribution is -2.31. The average molecular weight is 1500 g/mol. The number of esters is 4. The first-order chi connectivity index (χ1) is 51.3. The zero-order valence-corrected chi connectivity index (χ0v) is 60.9. The molecule has 0 fully saturated rings. The van der Waals surface area contributed by atoms with Gasteiger partial charge in [0.25, 0.3) is 5.56 Å². The van der Waals surface area contributed by atoms with Gasteiger partial charge in [-0.3, -0.25) is 34.2 Å². The fourth-order valence-electron chi connectivity index (χ4n) is 9.62. The number of carbonyl (C=O) groups is 8. The van der Waals surface area contributed by atoms with E-state index in [1.807, 2.05) is 72.1 Å². The first-order valence-corrected chi connectivity index (χ1v) is 33.7. The summed E-state index contributed by atoms with van der Waals surface area (Å²) in [6, 6.07) is 31.9. The smallest absolute Gasteiger partial charge is 0.462 e. The van der Waals surface area contributed by atoms with Crippen LogP contribution in [0.15, 0.2) is 175 Å². The Labute approximate surface area is 618 Å². The number of benzene rings is 3. The highest BCUT2D eigenvalue weighted by atomic mass is 35.5. The van der Waals surface area contributed by atoms with Crippen LogP contribution in [0.2, 0.25) is 5.15 Å². The molecule has 6 N–H and O–H groups in total. The number of ether oxygens (including phenoxy) is 4. The molecular formula is C71H72BClN18O15S. The van der Waals surface area contributed by atoms with Gasteiger partial charge in [-0.05, 0) is 99.2 Å². The number of aromatic nitrogens is 14. The Morgan fingerprint density at radius 3 is 1.42 bits per heavy atom. The third-order valence-electron chi connectivity index (χ3n) is 15.3. The Kier molecular flexibility index (Phi) is 27.8. The van der Waals surface area contributed by atoms with Gasteiger partial charge in [0.15, 0.2) is 22.6 Å². The molecule has 10 heterocycles. The number of H-pyrrole nitrogens is 2. The Morgan fingerprint density at radius 2 is 0.953 bits per heavy atom. The van der Waals surface area contributed by atoms with Crippen molar-refractivity contribution in [2.75, 3.05) is 68.0 Å². The van der Waals surface area contributed by atoms with Crippen molar-refractivity contribution in [1.29, 1.82) is 0 Å². The van der Waals surface area contributed by atoms with Crippen molar-refractivity contribution < 1.29 is 67.4 Å². The second-order valence-electron chi connectivity index (χ2n) is 22.1. The molecule has 36 heteroatoms. The minimum Gasteiger partial charge on any atom is -0.462 e. The number of ketones is 1. The molecule has 0 saturated heterocycles. The summed E-state index contributed by atoms with van der Waals surface area (Å²) in [7, 11) is 3.58. The van der Waals surface area contributed by atoms with Crippen LogP contribution < -0.4 is 31.5 Å². The maximum absolute atomic E-state index is 12.7. The number of carbonyl (C=O) groups excluding carboxylic acids is 8. The summed E-state index contributed by atoms with van der Waals surface area (Å²) in [5.41, 5.74) is 14.2. The minimum atomic E-state index is -1.50. The quantitative estimate of drug-likeness (QED) is 0.0205. The van der Waals surface area contributed by atoms with Crippen molar-refractivity contribution in [3.63, 3.8) is 0 Å². The number of nitrogen functional groups attached to an aromatic ring is 1. The molecular weight excluding hydrogens is 1420 g/mol. The molecule has 0 bridgehead atoms. The first-order valence-electron chi connectivity index (χ1n) is 32.5. The van der Waals surface area contributed by atoms with Crippen LogP contribution in [0, 0.1) is 0 Å². The minimum absolute atomic E-state index is 0.0463. The van der Waals surface area contributed by atoms with E-state index >= 15 is 0 Å². The van der Waals surface area contributed by atoms with Crippen molar-refractivity contribution in [3.05, 3.63) is 219 Å². The number of nitrogens with two attached hydrogens (primary N) is 1. The van der Waals surface area contributed by atoms with Gasteiger partial charge < -0.3 is 49.4 Å². The summed E-state index contributed by atoms with van der Waals surface area (Å²) in [6.45, 7) is 12.6. The maximum Gasteiger partial charge on any atom is 0.488 e. The van der Waals surface area contributed by atoms with Gasteiger partial charge in [-0.25, -0.2) is 57.2 Å². The molecule has 13 rings (SSSR count). The van der Waals surface area contributed by atoms with Gasteiger partial charge in [0, 0.05) is 107 Å². The summed E-state index contributed by atoms with van der Waals surface area (Å²) >= 11 is 7.25. The van der Waals surface area contributed by atoms with Gasteiger partial charge in [-0.15, -0.1) is 11.3 Å². The number of thiophene rings is 1. The van der Waals surface area contributed by atoms with Gasteiger partial charge in [0.05, 0.1) is 73.0 Å². The number of halogens is 1. The molecule has 0 aliphatic rings. The monoisotopic (exact) mass is 1490 g/mol. The Bertz CT molecular complexity index is 5380. The van der Waals surface area contributed by atoms with Crippen molar-refractivity contribution >= 4 is 128 Å². The molecule has 0 spiro atoms. The van der Waals surface area contributed by atoms with Gasteiger partial charge in [-0.1, -0.05) is 54.1 Å². The second-order valence-corrected chi connectivity index (χ2v) is 23.5. The lowest BCUT2D eigenvalue weighted by Gasteiger charge is -2.16. The first kappa shape index (κ1) is 79.6. The fraction of sp³-hybridized carbons (Fsp3) is 0.197. The van der Waals surface area contributed by atoms with Gasteiger partial charge >= 0.3 is 31.0 Å². The van der Waals surface area contributed by atoms with E-state index in [4.69, 9.17) is 41.6 Å². The topological polar surface area (TPSA) is 419 Å². The van der Waals surface area contributed by atoms with E-state index in [-0.39, 0.29) is 64.9 Å². The summed E-state index contributed by atoms with van der Waals surface area (Å²) < 4.78 is 25.2. The molecule has 33 nitrogen and oxygen atoms in total. The normalized spacial score (nSPS) is 10.4. The standard InChI is InChI=1S/C20H16N4O2S.C18H18N4O3.C9H12BNO3.C9H8ClN3O2.C9H9N3O3.C6H9N3O2/c1-13(25)23(2)15-6-3-5-14(11-15)17-8-9-21-20-16(12-22-24(17)20)19(26)18-7-4-10-27-18;1-4-25-18(24)15-11-20-22-16(8-9-19-17(15)22)13-6-5-7-14(10-13)21(3)12(2)23;1-7(12)11(2)9-5-3-4-8(6-9)10(13)14;1-2-15-9(14)6-5-12-13-7(10)3-4-11-8(6)13;1-2-15-9(14)6-5-11-12-7(13)3-4-10-8(6)12;1-2-11-6(10)4-3-8-9-5(4)7/h3-12H,1-2H3;5-11H,4H2,1-3H3;3-6,13-14H,1-2H3;3-5H,2H2,1H3;3-5,11H,2H2,1H3;3H,2H2,1H3,(H3,7,8,9). The van der Waals surface area contributed by atoms with E-state index in [1.165, 1.54) is 89.3 Å². The van der Waals surface area contributed by atoms with Crippen LogP contribution >= 0.6 is 22.9 Å². The number of nitrogens with zero attached hydrogens (tertiary/aromatic N) is 15. The molecule has 0 aliphatic heterocycles. The van der Waals surface area contributed by atoms with Crippen LogP contribution in [0.1, 0.15) is 105 Å². The fourth-order valence-corrected chi connectivity index (χ4v) is 10.5.